The molecular formula is C14H21IN4O2. The second-order valence-electron chi connectivity index (χ2n) is 5.49. The summed E-state index contributed by atoms with van der Waals surface area (Å²) >= 11 is 2.26. The van der Waals surface area contributed by atoms with E-state index in [4.69, 9.17) is 9.47 Å². The summed E-state index contributed by atoms with van der Waals surface area (Å²) in [6.45, 7) is 3.33. The Balaban J connectivity index is 1.85. The fourth-order valence-corrected chi connectivity index (χ4v) is 3.69. The van der Waals surface area contributed by atoms with Gasteiger partial charge in [-0.05, 0) is 42.0 Å². The van der Waals surface area contributed by atoms with Gasteiger partial charge in [0.05, 0.1) is 22.5 Å². The van der Waals surface area contributed by atoms with E-state index in [1.807, 2.05) is 7.05 Å². The van der Waals surface area contributed by atoms with E-state index in [1.54, 1.807) is 7.11 Å². The number of nitrogens with zero attached hydrogens (tertiary/aromatic N) is 3. The molecule has 2 saturated heterocycles. The van der Waals surface area contributed by atoms with E-state index in [-0.39, 0.29) is 6.10 Å². The summed E-state index contributed by atoms with van der Waals surface area (Å²) in [6.07, 6.45) is 2.47. The van der Waals surface area contributed by atoms with Gasteiger partial charge in [-0.3, -0.25) is 4.90 Å². The van der Waals surface area contributed by atoms with Crippen molar-refractivity contribution in [3.8, 4) is 0 Å². The molecule has 0 spiro atoms. The van der Waals surface area contributed by atoms with Crippen LogP contribution in [0.4, 0.5) is 5.82 Å². The molecule has 0 aromatic carbocycles. The third-order valence-corrected chi connectivity index (χ3v) is 5.27. The van der Waals surface area contributed by atoms with Crippen LogP contribution in [0.2, 0.25) is 0 Å². The number of ether oxygens (including phenoxy) is 2. The van der Waals surface area contributed by atoms with Gasteiger partial charge in [-0.15, -0.1) is 0 Å². The van der Waals surface area contributed by atoms with Crippen molar-refractivity contribution in [1.82, 2.24) is 14.9 Å². The maximum atomic E-state index is 6.01. The zero-order chi connectivity index (χ0) is 14.8. The van der Waals surface area contributed by atoms with Crippen LogP contribution >= 0.6 is 22.6 Å². The van der Waals surface area contributed by atoms with Crippen molar-refractivity contribution in [3.63, 3.8) is 0 Å². The molecule has 2 aliphatic rings. The quantitative estimate of drug-likeness (QED) is 0.773. The smallest absolute Gasteiger partial charge is 0.161 e. The predicted molar refractivity (Wildman–Crippen MR) is 88.3 cm³/mol. The molecule has 2 aliphatic heterocycles. The van der Waals surface area contributed by atoms with Crippen molar-refractivity contribution in [2.45, 2.75) is 31.6 Å². The third kappa shape index (κ3) is 3.15. The first kappa shape index (κ1) is 15.4. The maximum Gasteiger partial charge on any atom is 0.161 e. The van der Waals surface area contributed by atoms with Gasteiger partial charge in [-0.1, -0.05) is 0 Å². The number of rotatable bonds is 4. The van der Waals surface area contributed by atoms with Crippen LogP contribution in [0.15, 0.2) is 0 Å². The lowest BCUT2D eigenvalue weighted by molar-refractivity contribution is -0.0542. The fraction of sp³-hybridized carbons (Fsp3) is 0.714. The van der Waals surface area contributed by atoms with E-state index in [1.165, 1.54) is 19.4 Å². The van der Waals surface area contributed by atoms with Crippen molar-refractivity contribution < 1.29 is 9.47 Å². The summed E-state index contributed by atoms with van der Waals surface area (Å²) in [6, 6.07) is 0.590. The van der Waals surface area contributed by atoms with Crippen LogP contribution in [0.3, 0.4) is 0 Å². The summed E-state index contributed by atoms with van der Waals surface area (Å²) in [4.78, 5) is 11.8. The van der Waals surface area contributed by atoms with Crippen molar-refractivity contribution in [2.24, 2.45) is 0 Å². The van der Waals surface area contributed by atoms with Crippen molar-refractivity contribution in [2.75, 3.05) is 39.2 Å². The highest BCUT2D eigenvalue weighted by atomic mass is 127. The zero-order valence-electron chi connectivity index (χ0n) is 12.4. The van der Waals surface area contributed by atoms with Gasteiger partial charge in [0.2, 0.25) is 0 Å². The molecule has 1 aromatic rings. The van der Waals surface area contributed by atoms with Gasteiger partial charge in [-0.2, -0.15) is 0 Å². The Hall–Kier alpha value is -0.510. The Labute approximate surface area is 138 Å². The first-order chi connectivity index (χ1) is 10.2. The van der Waals surface area contributed by atoms with Crippen molar-refractivity contribution >= 4 is 28.4 Å². The summed E-state index contributed by atoms with van der Waals surface area (Å²) in [5.41, 5.74) is 0.916. The Morgan fingerprint density at radius 1 is 1.48 bits per heavy atom. The molecule has 0 amide bonds. The number of anilines is 1. The monoisotopic (exact) mass is 404 g/mol. The van der Waals surface area contributed by atoms with Crippen LogP contribution < -0.4 is 5.32 Å². The van der Waals surface area contributed by atoms with Gasteiger partial charge in [0.1, 0.15) is 11.9 Å². The fourth-order valence-electron chi connectivity index (χ4n) is 3.03. The lowest BCUT2D eigenvalue weighted by Crippen LogP contribution is -2.43. The van der Waals surface area contributed by atoms with Crippen LogP contribution in [0.25, 0.3) is 0 Å². The Kier molecular flexibility index (Phi) is 4.92. The SMILES string of the molecule is CNc1nc(C2CN3CCCC3CO2)nc(COC)c1I. The van der Waals surface area contributed by atoms with Crippen LogP contribution in [-0.4, -0.2) is 54.8 Å². The molecule has 0 aliphatic carbocycles. The molecule has 1 aromatic heterocycles. The highest BCUT2D eigenvalue weighted by molar-refractivity contribution is 14.1. The molecule has 2 fully saturated rings. The summed E-state index contributed by atoms with van der Waals surface area (Å²) in [7, 11) is 3.56. The number of methoxy groups -OCH3 is 1. The minimum absolute atomic E-state index is 0.0425. The van der Waals surface area contributed by atoms with Crippen LogP contribution in [0, 0.1) is 3.57 Å². The van der Waals surface area contributed by atoms with Crippen LogP contribution in [0.5, 0.6) is 0 Å². The molecule has 2 unspecified atom stereocenters. The molecule has 1 N–H and O–H groups in total. The highest BCUT2D eigenvalue weighted by Crippen LogP contribution is 2.30. The predicted octanol–water partition coefficient (Wildman–Crippen LogP) is 1.80. The average molecular weight is 404 g/mol. The van der Waals surface area contributed by atoms with Gasteiger partial charge in [0.25, 0.3) is 0 Å². The van der Waals surface area contributed by atoms with Crippen LogP contribution in [-0.2, 0) is 16.1 Å². The molecule has 0 bridgehead atoms. The summed E-state index contributed by atoms with van der Waals surface area (Å²) in [5.74, 6) is 1.61. The van der Waals surface area contributed by atoms with E-state index in [2.05, 4.69) is 42.8 Å². The standard InChI is InChI=1S/C14H21IN4O2/c1-16-14-12(15)10(8-20-2)17-13(18-14)11-6-19-5-3-4-9(19)7-21-11/h9,11H,3-8H2,1-2H3,(H,16,17,18). The lowest BCUT2D eigenvalue weighted by Gasteiger charge is -2.34. The van der Waals surface area contributed by atoms with Gasteiger partial charge in [0, 0.05) is 26.7 Å². The third-order valence-electron chi connectivity index (χ3n) is 4.13. The molecule has 6 nitrogen and oxygen atoms in total. The van der Waals surface area contributed by atoms with E-state index >= 15 is 0 Å². The number of hydrogen-bond donors (Lipinski definition) is 1. The average Bonchev–Trinajstić information content (AvgIpc) is 2.97. The highest BCUT2D eigenvalue weighted by Gasteiger charge is 2.34. The van der Waals surface area contributed by atoms with Crippen molar-refractivity contribution in [3.05, 3.63) is 15.1 Å². The molecule has 3 heterocycles. The number of hydrogen-bond acceptors (Lipinski definition) is 6. The minimum atomic E-state index is -0.0425. The Morgan fingerprint density at radius 2 is 2.33 bits per heavy atom. The second-order valence-corrected chi connectivity index (χ2v) is 6.57. The zero-order valence-corrected chi connectivity index (χ0v) is 14.6. The molecule has 2 atom stereocenters. The molecule has 7 heteroatoms. The largest absolute Gasteiger partial charge is 0.378 e. The number of halogens is 1. The first-order valence-electron chi connectivity index (χ1n) is 7.31. The van der Waals surface area contributed by atoms with E-state index in [0.29, 0.717) is 12.6 Å². The van der Waals surface area contributed by atoms with Crippen molar-refractivity contribution in [1.29, 1.82) is 0 Å². The Morgan fingerprint density at radius 3 is 3.10 bits per heavy atom. The van der Waals surface area contributed by atoms with Gasteiger partial charge in [0.15, 0.2) is 5.82 Å². The number of aromatic nitrogens is 2. The molecule has 0 radical (unpaired) electrons. The maximum absolute atomic E-state index is 6.01. The normalized spacial score (nSPS) is 25.9. The number of nitrogens with one attached hydrogen (secondary N) is 1. The number of morpholine rings is 1. The number of fused-ring (bicyclic) bond motifs is 1. The van der Waals surface area contributed by atoms with E-state index < -0.39 is 0 Å². The summed E-state index contributed by atoms with van der Waals surface area (Å²) < 4.78 is 12.3. The van der Waals surface area contributed by atoms with E-state index in [0.717, 1.165) is 34.1 Å². The van der Waals surface area contributed by atoms with Gasteiger partial charge >= 0.3 is 0 Å². The Bertz CT molecular complexity index is 514. The van der Waals surface area contributed by atoms with E-state index in [9.17, 15) is 0 Å². The van der Waals surface area contributed by atoms with Crippen LogP contribution in [0.1, 0.15) is 30.5 Å². The minimum Gasteiger partial charge on any atom is -0.378 e. The molecule has 3 rings (SSSR count). The first-order valence-corrected chi connectivity index (χ1v) is 8.39. The summed E-state index contributed by atoms with van der Waals surface area (Å²) in [5, 5.41) is 3.14. The molecule has 21 heavy (non-hydrogen) atoms. The molecular weight excluding hydrogens is 383 g/mol. The molecule has 0 saturated carbocycles. The van der Waals surface area contributed by atoms with Gasteiger partial charge < -0.3 is 14.8 Å². The second kappa shape index (κ2) is 6.72. The topological polar surface area (TPSA) is 59.5 Å². The molecule has 116 valence electrons. The lowest BCUT2D eigenvalue weighted by atomic mass is 10.2. The van der Waals surface area contributed by atoms with Gasteiger partial charge in [-0.25, -0.2) is 9.97 Å².